The summed E-state index contributed by atoms with van der Waals surface area (Å²) in [5.41, 5.74) is -0.597. The van der Waals surface area contributed by atoms with Crippen molar-refractivity contribution in [3.05, 3.63) is 35.4 Å². The second-order valence-electron chi connectivity index (χ2n) is 4.89. The van der Waals surface area contributed by atoms with E-state index in [1.165, 1.54) is 18.2 Å². The lowest BCUT2D eigenvalue weighted by Gasteiger charge is -2.37. The Hall–Kier alpha value is -1.00. The fourth-order valence-corrected chi connectivity index (χ4v) is 2.16. The average Bonchev–Trinajstić information content (AvgIpc) is 2.41. The van der Waals surface area contributed by atoms with Gasteiger partial charge in [-0.25, -0.2) is 8.78 Å². The molecular weight excluding hydrogens is 248 g/mol. The number of benzene rings is 1. The van der Waals surface area contributed by atoms with Gasteiger partial charge >= 0.3 is 0 Å². The van der Waals surface area contributed by atoms with Gasteiger partial charge in [-0.1, -0.05) is 19.9 Å². The van der Waals surface area contributed by atoms with Crippen LogP contribution in [0.3, 0.4) is 0 Å². The summed E-state index contributed by atoms with van der Waals surface area (Å²) < 4.78 is 33.5. The number of methoxy groups -OCH3 is 1. The molecule has 0 heterocycles. The quantitative estimate of drug-likeness (QED) is 0.814. The first kappa shape index (κ1) is 16.1. The van der Waals surface area contributed by atoms with Gasteiger partial charge in [0.05, 0.1) is 11.6 Å². The summed E-state index contributed by atoms with van der Waals surface area (Å²) in [6.07, 6.45) is 1.54. The molecule has 0 bridgehead atoms. The zero-order valence-corrected chi connectivity index (χ0v) is 12.1. The maximum Gasteiger partial charge on any atom is 0.131 e. The van der Waals surface area contributed by atoms with Crippen molar-refractivity contribution in [2.45, 2.75) is 45.3 Å². The molecule has 2 nitrogen and oxygen atoms in total. The van der Waals surface area contributed by atoms with Crippen LogP contribution in [-0.2, 0) is 4.74 Å². The predicted octanol–water partition coefficient (Wildman–Crippen LogP) is 3.82. The van der Waals surface area contributed by atoms with Crippen molar-refractivity contribution in [2.24, 2.45) is 0 Å². The molecule has 0 aromatic heterocycles. The summed E-state index contributed by atoms with van der Waals surface area (Å²) in [7, 11) is 1.57. The Morgan fingerprint density at radius 1 is 1.26 bits per heavy atom. The minimum absolute atomic E-state index is 0.0575. The summed E-state index contributed by atoms with van der Waals surface area (Å²) in [6, 6.07) is 3.43. The Morgan fingerprint density at radius 2 is 1.84 bits per heavy atom. The largest absolute Gasteiger partial charge is 0.377 e. The van der Waals surface area contributed by atoms with E-state index in [0.29, 0.717) is 13.0 Å². The van der Waals surface area contributed by atoms with Crippen LogP contribution in [0.15, 0.2) is 18.2 Å². The zero-order chi connectivity index (χ0) is 14.5. The highest BCUT2D eigenvalue weighted by molar-refractivity contribution is 5.26. The highest BCUT2D eigenvalue weighted by Crippen LogP contribution is 2.34. The van der Waals surface area contributed by atoms with Crippen LogP contribution >= 0.6 is 0 Å². The van der Waals surface area contributed by atoms with Crippen molar-refractivity contribution in [1.29, 1.82) is 0 Å². The molecule has 0 amide bonds. The van der Waals surface area contributed by atoms with Gasteiger partial charge in [0.1, 0.15) is 11.6 Å². The first-order valence-electron chi connectivity index (χ1n) is 6.72. The van der Waals surface area contributed by atoms with E-state index in [2.05, 4.69) is 5.32 Å². The Morgan fingerprint density at radius 3 is 2.26 bits per heavy atom. The van der Waals surface area contributed by atoms with Gasteiger partial charge in [0.2, 0.25) is 0 Å². The lowest BCUT2D eigenvalue weighted by Crippen LogP contribution is -2.44. The zero-order valence-electron chi connectivity index (χ0n) is 12.1. The predicted molar refractivity (Wildman–Crippen MR) is 73.1 cm³/mol. The Kier molecular flexibility index (Phi) is 5.88. The van der Waals surface area contributed by atoms with Gasteiger partial charge in [-0.15, -0.1) is 0 Å². The number of hydrogen-bond donors (Lipinski definition) is 1. The molecule has 2 unspecified atom stereocenters. The summed E-state index contributed by atoms with van der Waals surface area (Å²) in [5.74, 6) is -1.07. The van der Waals surface area contributed by atoms with Crippen LogP contribution in [0.4, 0.5) is 8.78 Å². The highest BCUT2D eigenvalue weighted by atomic mass is 19.1. The van der Waals surface area contributed by atoms with E-state index in [9.17, 15) is 8.78 Å². The van der Waals surface area contributed by atoms with E-state index >= 15 is 0 Å². The maximum absolute atomic E-state index is 14.0. The molecular formula is C15H23F2NO. The molecule has 1 aromatic rings. The molecule has 4 heteroatoms. The molecule has 2 atom stereocenters. The molecule has 0 spiro atoms. The van der Waals surface area contributed by atoms with Crippen LogP contribution in [-0.4, -0.2) is 19.3 Å². The van der Waals surface area contributed by atoms with E-state index < -0.39 is 23.3 Å². The Labute approximate surface area is 114 Å². The van der Waals surface area contributed by atoms with Crippen molar-refractivity contribution in [3.8, 4) is 0 Å². The third-order valence-electron chi connectivity index (χ3n) is 3.67. The smallest absolute Gasteiger partial charge is 0.131 e. The van der Waals surface area contributed by atoms with Crippen LogP contribution in [0.5, 0.6) is 0 Å². The number of halogens is 2. The van der Waals surface area contributed by atoms with E-state index in [0.717, 1.165) is 6.42 Å². The molecule has 0 fully saturated rings. The number of nitrogens with one attached hydrogen (secondary N) is 1. The lowest BCUT2D eigenvalue weighted by molar-refractivity contribution is -0.0317. The molecule has 0 saturated carbocycles. The Bertz CT molecular complexity index is 385. The summed E-state index contributed by atoms with van der Waals surface area (Å²) in [4.78, 5) is 0. The van der Waals surface area contributed by atoms with E-state index in [1.807, 2.05) is 20.8 Å². The summed E-state index contributed by atoms with van der Waals surface area (Å²) in [6.45, 7) is 6.50. The van der Waals surface area contributed by atoms with Gasteiger partial charge in [-0.3, -0.25) is 0 Å². The Balaban J connectivity index is 3.23. The van der Waals surface area contributed by atoms with Gasteiger partial charge in [-0.05, 0) is 38.4 Å². The monoisotopic (exact) mass is 271 g/mol. The van der Waals surface area contributed by atoms with E-state index in [4.69, 9.17) is 4.74 Å². The molecule has 0 radical (unpaired) electrons. The van der Waals surface area contributed by atoms with Crippen molar-refractivity contribution >= 4 is 0 Å². The molecule has 0 aliphatic rings. The van der Waals surface area contributed by atoms with E-state index in [-0.39, 0.29) is 5.56 Å². The van der Waals surface area contributed by atoms with Crippen LogP contribution in [0.25, 0.3) is 0 Å². The minimum atomic E-state index is -0.655. The average molecular weight is 271 g/mol. The first-order valence-corrected chi connectivity index (χ1v) is 6.72. The molecule has 1 aromatic carbocycles. The number of ether oxygens (including phenoxy) is 1. The molecule has 108 valence electrons. The van der Waals surface area contributed by atoms with Gasteiger partial charge in [0.25, 0.3) is 0 Å². The van der Waals surface area contributed by atoms with Gasteiger partial charge in [0.15, 0.2) is 0 Å². The minimum Gasteiger partial charge on any atom is -0.377 e. The molecule has 0 aliphatic heterocycles. The molecule has 19 heavy (non-hydrogen) atoms. The fraction of sp³-hybridized carbons (Fsp3) is 0.600. The summed E-state index contributed by atoms with van der Waals surface area (Å²) >= 11 is 0. The lowest BCUT2D eigenvalue weighted by atomic mass is 9.87. The van der Waals surface area contributed by atoms with Crippen LogP contribution in [0.1, 0.15) is 45.2 Å². The number of hydrogen-bond acceptors (Lipinski definition) is 2. The third-order valence-corrected chi connectivity index (χ3v) is 3.67. The first-order chi connectivity index (χ1) is 9.00. The topological polar surface area (TPSA) is 21.3 Å². The van der Waals surface area contributed by atoms with Crippen LogP contribution in [0, 0.1) is 11.6 Å². The van der Waals surface area contributed by atoms with Gasteiger partial charge < -0.3 is 10.1 Å². The second kappa shape index (κ2) is 6.96. The molecule has 1 N–H and O–H groups in total. The van der Waals surface area contributed by atoms with Crippen LogP contribution in [0.2, 0.25) is 0 Å². The fourth-order valence-electron chi connectivity index (χ4n) is 2.16. The molecule has 1 rings (SSSR count). The van der Waals surface area contributed by atoms with Crippen LogP contribution < -0.4 is 5.32 Å². The van der Waals surface area contributed by atoms with Crippen molar-refractivity contribution in [3.63, 3.8) is 0 Å². The molecule has 0 aliphatic carbocycles. The maximum atomic E-state index is 14.0. The highest BCUT2D eigenvalue weighted by Gasteiger charge is 2.36. The summed E-state index contributed by atoms with van der Waals surface area (Å²) in [5, 5.41) is 3.20. The van der Waals surface area contributed by atoms with Gasteiger partial charge in [0, 0.05) is 12.7 Å². The SMILES string of the molecule is CCCNC(c1c(F)cccc1F)C(C)(CC)OC. The normalized spacial score (nSPS) is 16.1. The van der Waals surface area contributed by atoms with Crippen molar-refractivity contribution in [1.82, 2.24) is 5.32 Å². The van der Waals surface area contributed by atoms with Crippen molar-refractivity contribution in [2.75, 3.05) is 13.7 Å². The van der Waals surface area contributed by atoms with Gasteiger partial charge in [-0.2, -0.15) is 0 Å². The number of rotatable bonds is 7. The second-order valence-corrected chi connectivity index (χ2v) is 4.89. The standard InChI is InChI=1S/C15H23F2NO/c1-5-10-18-14(15(3,6-2)19-4)13-11(16)8-7-9-12(13)17/h7-9,14,18H,5-6,10H2,1-4H3. The molecule has 0 saturated heterocycles. The van der Waals surface area contributed by atoms with Crippen molar-refractivity contribution < 1.29 is 13.5 Å². The third kappa shape index (κ3) is 3.51. The van der Waals surface area contributed by atoms with E-state index in [1.54, 1.807) is 7.11 Å².